The molecule has 0 aromatic rings. The van der Waals surface area contributed by atoms with Gasteiger partial charge < -0.3 is 5.32 Å². The Bertz CT molecular complexity index is 118. The van der Waals surface area contributed by atoms with Gasteiger partial charge in [0.1, 0.15) is 0 Å². The third-order valence-corrected chi connectivity index (χ3v) is 1.66. The normalized spacial score (nSPS) is 22.6. The molecule has 0 atom stereocenters. The zero-order valence-electron chi connectivity index (χ0n) is 4.82. The SMILES string of the molecule is CNC1(C([NH])=O)CC1. The third-order valence-electron chi connectivity index (χ3n) is 1.66. The van der Waals surface area contributed by atoms with Crippen molar-refractivity contribution in [3.8, 4) is 0 Å². The predicted molar refractivity (Wildman–Crippen MR) is 29.1 cm³/mol. The predicted octanol–water partition coefficient (Wildman–Crippen LogP) is -0.452. The molecule has 0 bridgehead atoms. The summed E-state index contributed by atoms with van der Waals surface area (Å²) in [6, 6.07) is 0. The highest BCUT2D eigenvalue weighted by atomic mass is 16.1. The van der Waals surface area contributed by atoms with Crippen LogP contribution in [-0.4, -0.2) is 18.5 Å². The van der Waals surface area contributed by atoms with Gasteiger partial charge in [-0.3, -0.25) is 10.5 Å². The van der Waals surface area contributed by atoms with E-state index in [0.29, 0.717) is 0 Å². The molecular formula is C5H9N2O. The molecule has 0 aliphatic heterocycles. The maximum absolute atomic E-state index is 10.4. The van der Waals surface area contributed by atoms with Gasteiger partial charge in [0.05, 0.1) is 5.54 Å². The van der Waals surface area contributed by atoms with Crippen LogP contribution in [0, 0.1) is 0 Å². The second-order valence-electron chi connectivity index (χ2n) is 2.16. The molecule has 1 rings (SSSR count). The number of carbonyl (C=O) groups excluding carboxylic acids is 1. The molecule has 45 valence electrons. The number of hydrogen-bond acceptors (Lipinski definition) is 2. The van der Waals surface area contributed by atoms with Crippen LogP contribution in [0.3, 0.4) is 0 Å². The summed E-state index contributed by atoms with van der Waals surface area (Å²) in [6.45, 7) is 0. The zero-order valence-corrected chi connectivity index (χ0v) is 4.82. The molecule has 3 nitrogen and oxygen atoms in total. The minimum absolute atomic E-state index is 0.431. The number of carbonyl (C=O) groups is 1. The number of amides is 1. The average molecular weight is 113 g/mol. The van der Waals surface area contributed by atoms with Crippen molar-refractivity contribution in [2.45, 2.75) is 18.4 Å². The van der Waals surface area contributed by atoms with Gasteiger partial charge in [0.15, 0.2) is 0 Å². The van der Waals surface area contributed by atoms with Gasteiger partial charge in [0.2, 0.25) is 0 Å². The van der Waals surface area contributed by atoms with Crippen LogP contribution in [0.4, 0.5) is 0 Å². The quantitative estimate of drug-likeness (QED) is 0.527. The number of hydrogen-bond donors (Lipinski definition) is 1. The van der Waals surface area contributed by atoms with Crippen molar-refractivity contribution in [3.63, 3.8) is 0 Å². The van der Waals surface area contributed by atoms with Crippen molar-refractivity contribution in [3.05, 3.63) is 0 Å². The monoisotopic (exact) mass is 113 g/mol. The minimum Gasteiger partial charge on any atom is -0.306 e. The Balaban J connectivity index is 2.53. The zero-order chi connectivity index (χ0) is 6.20. The molecule has 1 fully saturated rings. The fraction of sp³-hybridized carbons (Fsp3) is 0.800. The van der Waals surface area contributed by atoms with E-state index in [9.17, 15) is 4.79 Å². The fourth-order valence-electron chi connectivity index (χ4n) is 0.716. The Morgan fingerprint density at radius 2 is 2.25 bits per heavy atom. The van der Waals surface area contributed by atoms with E-state index in [1.165, 1.54) is 0 Å². The average Bonchev–Trinajstić information content (AvgIpc) is 2.44. The van der Waals surface area contributed by atoms with Gasteiger partial charge in [-0.25, -0.2) is 0 Å². The largest absolute Gasteiger partial charge is 0.306 e. The van der Waals surface area contributed by atoms with Crippen molar-refractivity contribution in [1.29, 1.82) is 0 Å². The van der Waals surface area contributed by atoms with E-state index in [0.717, 1.165) is 12.8 Å². The van der Waals surface area contributed by atoms with Gasteiger partial charge in [-0.05, 0) is 19.9 Å². The molecule has 0 heterocycles. The molecule has 3 heteroatoms. The maximum atomic E-state index is 10.4. The van der Waals surface area contributed by atoms with Gasteiger partial charge in [-0.1, -0.05) is 0 Å². The van der Waals surface area contributed by atoms with Crippen molar-refractivity contribution in [2.75, 3.05) is 7.05 Å². The van der Waals surface area contributed by atoms with Crippen LogP contribution in [0.15, 0.2) is 0 Å². The van der Waals surface area contributed by atoms with E-state index in [2.05, 4.69) is 5.32 Å². The van der Waals surface area contributed by atoms with Gasteiger partial charge in [0, 0.05) is 0 Å². The Morgan fingerprint density at radius 1 is 1.75 bits per heavy atom. The molecule has 0 aromatic carbocycles. The van der Waals surface area contributed by atoms with Crippen molar-refractivity contribution >= 4 is 5.91 Å². The molecule has 0 saturated heterocycles. The first-order valence-corrected chi connectivity index (χ1v) is 2.66. The van der Waals surface area contributed by atoms with E-state index in [-0.39, 0.29) is 0 Å². The first-order chi connectivity index (χ1) is 3.71. The van der Waals surface area contributed by atoms with E-state index in [4.69, 9.17) is 5.73 Å². The molecule has 1 aliphatic rings. The molecule has 1 amide bonds. The summed E-state index contributed by atoms with van der Waals surface area (Å²) < 4.78 is 0. The lowest BCUT2D eigenvalue weighted by Crippen LogP contribution is -2.36. The maximum Gasteiger partial charge on any atom is 0.258 e. The number of likely N-dealkylation sites (N-methyl/N-ethyl adjacent to an activating group) is 1. The van der Waals surface area contributed by atoms with Gasteiger partial charge in [-0.2, -0.15) is 0 Å². The van der Waals surface area contributed by atoms with Crippen LogP contribution in [0.2, 0.25) is 0 Å². The molecule has 0 unspecified atom stereocenters. The molecule has 0 spiro atoms. The topological polar surface area (TPSA) is 52.9 Å². The highest BCUT2D eigenvalue weighted by Gasteiger charge is 2.47. The van der Waals surface area contributed by atoms with Crippen LogP contribution < -0.4 is 11.1 Å². The van der Waals surface area contributed by atoms with E-state index in [1.807, 2.05) is 0 Å². The van der Waals surface area contributed by atoms with Gasteiger partial charge in [0.25, 0.3) is 5.91 Å². The van der Waals surface area contributed by atoms with Crippen molar-refractivity contribution < 1.29 is 4.79 Å². The van der Waals surface area contributed by atoms with Crippen molar-refractivity contribution in [1.82, 2.24) is 11.1 Å². The third kappa shape index (κ3) is 0.591. The lowest BCUT2D eigenvalue weighted by atomic mass is 10.3. The first kappa shape index (κ1) is 5.56. The van der Waals surface area contributed by atoms with Gasteiger partial charge in [-0.15, -0.1) is 0 Å². The molecule has 1 saturated carbocycles. The molecule has 1 radical (unpaired) electrons. The lowest BCUT2D eigenvalue weighted by Gasteiger charge is -2.05. The number of rotatable bonds is 2. The van der Waals surface area contributed by atoms with Crippen LogP contribution in [0.1, 0.15) is 12.8 Å². The number of nitrogens with one attached hydrogen (secondary N) is 2. The second-order valence-corrected chi connectivity index (χ2v) is 2.16. The van der Waals surface area contributed by atoms with Crippen LogP contribution >= 0.6 is 0 Å². The Kier molecular flexibility index (Phi) is 1.01. The molecular weight excluding hydrogens is 104 g/mol. The minimum atomic E-state index is -0.472. The van der Waals surface area contributed by atoms with Crippen LogP contribution in [-0.2, 0) is 4.79 Å². The first-order valence-electron chi connectivity index (χ1n) is 2.66. The molecule has 1 aliphatic carbocycles. The highest BCUT2D eigenvalue weighted by molar-refractivity contribution is 5.87. The van der Waals surface area contributed by atoms with E-state index < -0.39 is 11.4 Å². The van der Waals surface area contributed by atoms with Gasteiger partial charge >= 0.3 is 0 Å². The smallest absolute Gasteiger partial charge is 0.258 e. The highest BCUT2D eigenvalue weighted by Crippen LogP contribution is 2.34. The summed E-state index contributed by atoms with van der Waals surface area (Å²) in [7, 11) is 1.72. The standard InChI is InChI=1S/C5H9N2O/c1-7-5(2-3-5)4(6)8/h6-7H,2-3H2,1H3. The second kappa shape index (κ2) is 1.45. The Hall–Kier alpha value is -0.570. The molecule has 8 heavy (non-hydrogen) atoms. The summed E-state index contributed by atoms with van der Waals surface area (Å²) >= 11 is 0. The summed E-state index contributed by atoms with van der Waals surface area (Å²) in [5.74, 6) is -0.472. The van der Waals surface area contributed by atoms with E-state index in [1.54, 1.807) is 7.05 Å². The van der Waals surface area contributed by atoms with Crippen LogP contribution in [0.25, 0.3) is 0 Å². The van der Waals surface area contributed by atoms with E-state index >= 15 is 0 Å². The summed E-state index contributed by atoms with van der Waals surface area (Å²) in [6.07, 6.45) is 1.68. The Morgan fingerprint density at radius 3 is 2.25 bits per heavy atom. The summed E-state index contributed by atoms with van der Waals surface area (Å²) in [5.41, 5.74) is 6.31. The molecule has 0 aromatic heterocycles. The van der Waals surface area contributed by atoms with Crippen molar-refractivity contribution in [2.24, 2.45) is 0 Å². The fourth-order valence-corrected chi connectivity index (χ4v) is 0.716. The summed E-state index contributed by atoms with van der Waals surface area (Å²) in [4.78, 5) is 10.4. The molecule has 2 N–H and O–H groups in total. The lowest BCUT2D eigenvalue weighted by molar-refractivity contribution is -0.121. The Labute approximate surface area is 48.2 Å². The summed E-state index contributed by atoms with van der Waals surface area (Å²) in [5, 5.41) is 2.81. The van der Waals surface area contributed by atoms with Crippen LogP contribution in [0.5, 0.6) is 0 Å².